The predicted molar refractivity (Wildman–Crippen MR) is 144 cm³/mol. The molecule has 0 N–H and O–H groups in total. The van der Waals surface area contributed by atoms with Gasteiger partial charge < -0.3 is 0 Å². The van der Waals surface area contributed by atoms with Crippen LogP contribution in [0.25, 0.3) is 22.5 Å². The average molecular weight is 456 g/mol. The van der Waals surface area contributed by atoms with Gasteiger partial charge in [-0.15, -0.1) is 0 Å². The maximum Gasteiger partial charge on any atom is 0.215 e. The number of hydrogen-bond donors (Lipinski definition) is 0. The molecule has 0 aliphatic heterocycles. The zero-order chi connectivity index (χ0) is 27.7. The van der Waals surface area contributed by atoms with E-state index in [4.69, 9.17) is 4.11 Å². The fourth-order valence-electron chi connectivity index (χ4n) is 4.48. The first-order chi connectivity index (χ1) is 17.3. The molecule has 0 aliphatic rings. The lowest BCUT2D eigenvalue weighted by molar-refractivity contribution is -0.667. The lowest BCUT2D eigenvalue weighted by Crippen LogP contribution is -2.36. The first-order valence-corrected chi connectivity index (χ1v) is 11.8. The lowest BCUT2D eigenvalue weighted by atomic mass is 9.99. The van der Waals surface area contributed by atoms with Gasteiger partial charge in [-0.25, -0.2) is 0 Å². The van der Waals surface area contributed by atoms with E-state index in [1.807, 2.05) is 37.6 Å². The van der Waals surface area contributed by atoms with Crippen LogP contribution in [0.3, 0.4) is 0 Å². The zero-order valence-corrected chi connectivity index (χ0v) is 22.2. The van der Waals surface area contributed by atoms with Gasteiger partial charge in [0.1, 0.15) is 14.1 Å². The van der Waals surface area contributed by atoms with Gasteiger partial charge in [0.15, 0.2) is 11.4 Å². The molecule has 0 fully saturated rings. The highest BCUT2D eigenvalue weighted by atomic mass is 15.0. The van der Waals surface area contributed by atoms with Crippen LogP contribution in [0, 0.1) is 55.3 Å². The standard InChI is InChI=1S/2C16H20N/c1-11-8-6-7-9-15(11)16-10-12(2)13(3)14(4)17(16)5;1-11-8-6-7-9-15(11)16-13(3)10-12(2)14(4)17(16)5/h2*6-10H,1-5H3/q2*+1/i;2D3. The molecule has 4 rings (SSSR count). The minimum atomic E-state index is -2.07. The third-order valence-electron chi connectivity index (χ3n) is 7.14. The van der Waals surface area contributed by atoms with Crippen molar-refractivity contribution in [3.63, 3.8) is 0 Å². The maximum absolute atomic E-state index is 7.64. The lowest BCUT2D eigenvalue weighted by Gasteiger charge is -2.10. The van der Waals surface area contributed by atoms with Crippen molar-refractivity contribution >= 4 is 0 Å². The maximum atomic E-state index is 7.64. The molecule has 0 bridgehead atoms. The molecule has 0 saturated carbocycles. The Hall–Kier alpha value is -3.26. The highest BCUT2D eigenvalue weighted by Crippen LogP contribution is 2.25. The minimum absolute atomic E-state index is 0.426. The van der Waals surface area contributed by atoms with Gasteiger partial charge in [-0.2, -0.15) is 9.13 Å². The first-order valence-electron chi connectivity index (χ1n) is 13.3. The van der Waals surface area contributed by atoms with Gasteiger partial charge in [0, 0.05) is 51.8 Å². The second-order valence-corrected chi connectivity index (χ2v) is 9.35. The summed E-state index contributed by atoms with van der Waals surface area (Å²) in [7, 11) is 4.07. The summed E-state index contributed by atoms with van der Waals surface area (Å²) in [6, 6.07) is 20.8. The van der Waals surface area contributed by atoms with Crippen LogP contribution in [0.1, 0.15) is 48.9 Å². The van der Waals surface area contributed by atoms with Crippen molar-refractivity contribution in [3.05, 3.63) is 105 Å². The van der Waals surface area contributed by atoms with Crippen LogP contribution < -0.4 is 9.13 Å². The molecule has 0 radical (unpaired) electrons. The van der Waals surface area contributed by atoms with Crippen LogP contribution in [0.15, 0.2) is 60.7 Å². The molecule has 34 heavy (non-hydrogen) atoms. The van der Waals surface area contributed by atoms with Gasteiger partial charge in [0.25, 0.3) is 0 Å². The summed E-state index contributed by atoms with van der Waals surface area (Å²) in [6.45, 7) is 12.6. The van der Waals surface area contributed by atoms with Crippen molar-refractivity contribution in [2.45, 2.75) is 55.3 Å². The number of benzene rings is 2. The molecule has 4 aromatic rings. The second kappa shape index (κ2) is 10.3. The molecule has 2 heterocycles. The van der Waals surface area contributed by atoms with Gasteiger partial charge >= 0.3 is 0 Å². The quantitative estimate of drug-likeness (QED) is 0.293. The van der Waals surface area contributed by atoms with Gasteiger partial charge in [-0.1, -0.05) is 36.4 Å². The summed E-state index contributed by atoms with van der Waals surface area (Å²) in [6.07, 6.45) is 0. The zero-order valence-electron chi connectivity index (χ0n) is 25.2. The Bertz CT molecular complexity index is 1450. The van der Waals surface area contributed by atoms with Gasteiger partial charge in [-0.3, -0.25) is 0 Å². The summed E-state index contributed by atoms with van der Waals surface area (Å²) in [5.41, 5.74) is 13.6. The Balaban J connectivity index is 0.000000208. The van der Waals surface area contributed by atoms with Crippen LogP contribution in [0.2, 0.25) is 0 Å². The number of hydrogen-bond acceptors (Lipinski definition) is 0. The number of aromatic nitrogens is 2. The summed E-state index contributed by atoms with van der Waals surface area (Å²) in [5.74, 6) is 0. The number of rotatable bonds is 2. The molecule has 0 spiro atoms. The van der Waals surface area contributed by atoms with Crippen LogP contribution in [-0.4, -0.2) is 0 Å². The third kappa shape index (κ3) is 4.97. The average Bonchev–Trinajstić information content (AvgIpc) is 2.84. The summed E-state index contributed by atoms with van der Waals surface area (Å²) in [4.78, 5) is 0. The summed E-state index contributed by atoms with van der Waals surface area (Å²) < 4.78 is 27.2. The van der Waals surface area contributed by atoms with E-state index in [-0.39, 0.29) is 0 Å². The number of nitrogens with zero attached hydrogens (tertiary/aromatic N) is 2. The topological polar surface area (TPSA) is 7.76 Å². The van der Waals surface area contributed by atoms with Crippen LogP contribution >= 0.6 is 0 Å². The molecular weight excluding hydrogens is 412 g/mol. The van der Waals surface area contributed by atoms with E-state index in [0.29, 0.717) is 5.56 Å². The van der Waals surface area contributed by atoms with Crippen molar-refractivity contribution < 1.29 is 13.2 Å². The van der Waals surface area contributed by atoms with Gasteiger partial charge in [0.2, 0.25) is 11.4 Å². The van der Waals surface area contributed by atoms with Crippen molar-refractivity contribution in [1.29, 1.82) is 0 Å². The van der Waals surface area contributed by atoms with Gasteiger partial charge in [0.05, 0.1) is 0 Å². The van der Waals surface area contributed by atoms with Crippen LogP contribution in [0.5, 0.6) is 0 Å². The van der Waals surface area contributed by atoms with Crippen LogP contribution in [0.4, 0.5) is 0 Å². The minimum Gasteiger partial charge on any atom is -0.198 e. The Kier molecular flexibility index (Phi) is 6.47. The van der Waals surface area contributed by atoms with E-state index in [0.717, 1.165) is 22.5 Å². The SMILES string of the molecule is Cc1ccccc1-c1cc(C)c(C)c(C)[n+]1C.[2H]C([2H])([2H])c1cc(C)c(-c2ccccc2C)[n+](C)c1C. The first kappa shape index (κ1) is 21.3. The normalized spacial score (nSPS) is 12.3. The Morgan fingerprint density at radius 3 is 1.68 bits per heavy atom. The van der Waals surface area contributed by atoms with E-state index < -0.39 is 6.85 Å². The van der Waals surface area contributed by atoms with E-state index in [1.165, 1.54) is 39.2 Å². The molecule has 2 aromatic carbocycles. The van der Waals surface area contributed by atoms with Gasteiger partial charge in [-0.05, 0) is 76.4 Å². The molecule has 0 aliphatic carbocycles. The molecule has 176 valence electrons. The van der Waals surface area contributed by atoms with Crippen molar-refractivity contribution in [3.8, 4) is 22.5 Å². The van der Waals surface area contributed by atoms with Crippen molar-refractivity contribution in [2.24, 2.45) is 14.1 Å². The molecule has 2 aromatic heterocycles. The van der Waals surface area contributed by atoms with E-state index in [9.17, 15) is 0 Å². The Morgan fingerprint density at radius 1 is 0.559 bits per heavy atom. The monoisotopic (exact) mass is 455 g/mol. The Morgan fingerprint density at radius 2 is 1.12 bits per heavy atom. The summed E-state index contributed by atoms with van der Waals surface area (Å²) in [5, 5.41) is 0. The summed E-state index contributed by atoms with van der Waals surface area (Å²) >= 11 is 0. The fourth-order valence-corrected chi connectivity index (χ4v) is 4.48. The van der Waals surface area contributed by atoms with Crippen molar-refractivity contribution in [2.75, 3.05) is 0 Å². The van der Waals surface area contributed by atoms with Crippen molar-refractivity contribution in [1.82, 2.24) is 0 Å². The Labute approximate surface area is 210 Å². The second-order valence-electron chi connectivity index (χ2n) is 9.35. The molecular formula is C32H40N2+2. The smallest absolute Gasteiger partial charge is 0.198 e. The van der Waals surface area contributed by atoms with E-state index in [2.05, 4.69) is 88.7 Å². The highest BCUT2D eigenvalue weighted by Gasteiger charge is 2.19. The third-order valence-corrected chi connectivity index (χ3v) is 7.14. The molecule has 0 amide bonds. The predicted octanol–water partition coefficient (Wildman–Crippen LogP) is 6.82. The fraction of sp³-hybridized carbons (Fsp3) is 0.312. The largest absolute Gasteiger partial charge is 0.215 e. The molecule has 2 nitrogen and oxygen atoms in total. The van der Waals surface area contributed by atoms with E-state index >= 15 is 0 Å². The molecule has 0 unspecified atom stereocenters. The molecule has 0 atom stereocenters. The van der Waals surface area contributed by atoms with Crippen LogP contribution in [-0.2, 0) is 14.1 Å². The van der Waals surface area contributed by atoms with E-state index in [1.54, 1.807) is 6.07 Å². The molecule has 0 saturated heterocycles. The highest BCUT2D eigenvalue weighted by molar-refractivity contribution is 5.64. The number of aryl methyl sites for hydroxylation is 5. The molecule has 2 heteroatoms. The number of pyridine rings is 2.